The Kier molecular flexibility index (Phi) is 16.6. The van der Waals surface area contributed by atoms with E-state index in [2.05, 4.69) is 6.92 Å². The molecule has 0 bridgehead atoms. The first-order valence-electron chi connectivity index (χ1n) is 10.3. The van der Waals surface area contributed by atoms with Gasteiger partial charge in [-0.3, -0.25) is 4.18 Å². The SMILES string of the molecule is C=O.CCCCCCCCCCCCOS(=O)(=O)c1cccc2ccccc12.[NaH]. The molecule has 0 fully saturated rings. The molecule has 0 unspecified atom stereocenters. The number of carbonyl (C=O) groups is 1. The molecular formula is C23H35NaO4S. The molecule has 0 atom stereocenters. The molecule has 4 nitrogen and oxygen atoms in total. The van der Waals surface area contributed by atoms with Crippen LogP contribution in [0.4, 0.5) is 0 Å². The molecule has 0 aliphatic rings. The van der Waals surface area contributed by atoms with Crippen molar-refractivity contribution in [3.63, 3.8) is 0 Å². The second kappa shape index (κ2) is 17.0. The molecule has 0 aliphatic heterocycles. The third-order valence-corrected chi connectivity index (χ3v) is 6.13. The van der Waals surface area contributed by atoms with E-state index in [1.807, 2.05) is 37.1 Å². The fourth-order valence-electron chi connectivity index (χ4n) is 3.24. The molecule has 6 heteroatoms. The number of unbranched alkanes of at least 4 members (excludes halogenated alkanes) is 9. The molecule has 2 aromatic carbocycles. The molecule has 0 aromatic heterocycles. The Labute approximate surface area is 198 Å². The summed E-state index contributed by atoms with van der Waals surface area (Å²) in [5.41, 5.74) is 0. The number of rotatable bonds is 13. The number of hydrogen-bond acceptors (Lipinski definition) is 4. The average molecular weight is 431 g/mol. The number of benzene rings is 2. The van der Waals surface area contributed by atoms with E-state index in [-0.39, 0.29) is 41.1 Å². The fraction of sp³-hybridized carbons (Fsp3) is 0.522. The Balaban J connectivity index is 0.00000253. The fourth-order valence-corrected chi connectivity index (χ4v) is 4.40. The van der Waals surface area contributed by atoms with Crippen molar-refractivity contribution in [1.29, 1.82) is 0 Å². The molecule has 0 spiro atoms. The molecule has 0 heterocycles. The predicted molar refractivity (Wildman–Crippen MR) is 123 cm³/mol. The summed E-state index contributed by atoms with van der Waals surface area (Å²) < 4.78 is 30.2. The van der Waals surface area contributed by atoms with Gasteiger partial charge in [0.1, 0.15) is 11.7 Å². The van der Waals surface area contributed by atoms with E-state index >= 15 is 0 Å². The van der Waals surface area contributed by atoms with Gasteiger partial charge in [0, 0.05) is 5.39 Å². The Bertz CT molecular complexity index is 772. The Hall–Kier alpha value is -0.720. The van der Waals surface area contributed by atoms with Crippen LogP contribution >= 0.6 is 0 Å². The van der Waals surface area contributed by atoms with Crippen LogP contribution in [0, 0.1) is 0 Å². The van der Waals surface area contributed by atoms with E-state index in [9.17, 15) is 8.42 Å². The van der Waals surface area contributed by atoms with E-state index in [0.29, 0.717) is 0 Å². The number of fused-ring (bicyclic) bond motifs is 1. The van der Waals surface area contributed by atoms with Gasteiger partial charge in [0.25, 0.3) is 10.1 Å². The molecule has 0 saturated heterocycles. The summed E-state index contributed by atoms with van der Waals surface area (Å²) in [7, 11) is -3.70. The molecule has 0 saturated carbocycles. The van der Waals surface area contributed by atoms with Gasteiger partial charge in [0.05, 0.1) is 6.61 Å². The predicted octanol–water partition coefficient (Wildman–Crippen LogP) is 5.63. The summed E-state index contributed by atoms with van der Waals surface area (Å²) in [6.45, 7) is 4.50. The van der Waals surface area contributed by atoms with Crippen LogP contribution in [0.15, 0.2) is 47.4 Å². The van der Waals surface area contributed by atoms with Gasteiger partial charge in [0.15, 0.2) is 0 Å². The van der Waals surface area contributed by atoms with E-state index in [4.69, 9.17) is 8.98 Å². The van der Waals surface area contributed by atoms with Crippen LogP contribution in [0.1, 0.15) is 71.1 Å². The summed E-state index contributed by atoms with van der Waals surface area (Å²) in [6.07, 6.45) is 12.2. The van der Waals surface area contributed by atoms with Crippen LogP contribution in [-0.2, 0) is 19.1 Å². The maximum atomic E-state index is 12.5. The van der Waals surface area contributed by atoms with Crippen molar-refractivity contribution in [1.82, 2.24) is 0 Å². The van der Waals surface area contributed by atoms with Gasteiger partial charge in [-0.05, 0) is 17.9 Å². The molecule has 2 rings (SSSR count). The van der Waals surface area contributed by atoms with Crippen molar-refractivity contribution in [2.24, 2.45) is 0 Å². The van der Waals surface area contributed by atoms with Gasteiger partial charge in [0.2, 0.25) is 0 Å². The third-order valence-electron chi connectivity index (χ3n) is 4.76. The molecule has 2 aromatic rings. The van der Waals surface area contributed by atoms with E-state index in [1.165, 1.54) is 44.9 Å². The van der Waals surface area contributed by atoms with Gasteiger partial charge in [-0.15, -0.1) is 0 Å². The molecule has 0 N–H and O–H groups in total. The minimum absolute atomic E-state index is 0. The average Bonchev–Trinajstić information content (AvgIpc) is 2.73. The van der Waals surface area contributed by atoms with Crippen molar-refractivity contribution in [2.45, 2.75) is 76.0 Å². The van der Waals surface area contributed by atoms with Crippen molar-refractivity contribution in [3.05, 3.63) is 42.5 Å². The van der Waals surface area contributed by atoms with Gasteiger partial charge in [-0.2, -0.15) is 8.42 Å². The van der Waals surface area contributed by atoms with Crippen molar-refractivity contribution >= 4 is 57.2 Å². The summed E-state index contributed by atoms with van der Waals surface area (Å²) in [6, 6.07) is 12.8. The standard InChI is InChI=1S/C22H32O3S.CH2O.Na.H/c1-2-3-4-5-6-7-8-9-10-13-19-25-26(23,24)22-18-14-16-20-15-11-12-17-21(20)22;1-2;;/h11-12,14-18H,2-10,13,19H2,1H3;1H2;;. The first kappa shape index (κ1) is 28.3. The third kappa shape index (κ3) is 10.7. The molecule has 158 valence electrons. The molecule has 0 amide bonds. The van der Waals surface area contributed by atoms with Gasteiger partial charge >= 0.3 is 29.6 Å². The normalized spacial score (nSPS) is 10.8. The number of carbonyl (C=O) groups excluding carboxylic acids is 1. The van der Waals surface area contributed by atoms with Crippen molar-refractivity contribution in [2.75, 3.05) is 6.61 Å². The van der Waals surface area contributed by atoms with Crippen LogP contribution in [0.5, 0.6) is 0 Å². The van der Waals surface area contributed by atoms with E-state index in [1.54, 1.807) is 12.1 Å². The van der Waals surface area contributed by atoms with Crippen molar-refractivity contribution in [3.8, 4) is 0 Å². The Morgan fingerprint density at radius 2 is 1.28 bits per heavy atom. The van der Waals surface area contributed by atoms with E-state index < -0.39 is 10.1 Å². The molecule has 29 heavy (non-hydrogen) atoms. The maximum absolute atomic E-state index is 12.5. The van der Waals surface area contributed by atoms with Crippen LogP contribution in [0.2, 0.25) is 0 Å². The zero-order valence-electron chi connectivity index (χ0n) is 17.1. The first-order valence-corrected chi connectivity index (χ1v) is 11.7. The molecule has 0 radical (unpaired) electrons. The topological polar surface area (TPSA) is 60.4 Å². The van der Waals surface area contributed by atoms with Gasteiger partial charge in [-0.25, -0.2) is 0 Å². The van der Waals surface area contributed by atoms with E-state index in [0.717, 1.165) is 30.0 Å². The number of hydrogen-bond donors (Lipinski definition) is 0. The monoisotopic (exact) mass is 430 g/mol. The summed E-state index contributed by atoms with van der Waals surface area (Å²) in [5.74, 6) is 0. The van der Waals surface area contributed by atoms with Crippen LogP contribution in [-0.4, -0.2) is 51.4 Å². The zero-order valence-corrected chi connectivity index (χ0v) is 17.9. The Morgan fingerprint density at radius 1 is 0.759 bits per heavy atom. The first-order chi connectivity index (χ1) is 13.6. The van der Waals surface area contributed by atoms with Crippen LogP contribution < -0.4 is 0 Å². The second-order valence-electron chi connectivity index (χ2n) is 6.94. The van der Waals surface area contributed by atoms with Gasteiger partial charge in [-0.1, -0.05) is 101 Å². The minimum atomic E-state index is -3.70. The molecule has 0 aliphatic carbocycles. The Morgan fingerprint density at radius 3 is 1.90 bits per heavy atom. The second-order valence-corrected chi connectivity index (χ2v) is 8.52. The van der Waals surface area contributed by atoms with Crippen LogP contribution in [0.3, 0.4) is 0 Å². The molecular weight excluding hydrogens is 395 g/mol. The summed E-state index contributed by atoms with van der Waals surface area (Å²) in [5, 5.41) is 1.63. The quantitative estimate of drug-likeness (QED) is 0.235. The van der Waals surface area contributed by atoms with Crippen LogP contribution in [0.25, 0.3) is 10.8 Å². The van der Waals surface area contributed by atoms with Crippen molar-refractivity contribution < 1.29 is 17.4 Å². The summed E-state index contributed by atoms with van der Waals surface area (Å²) in [4.78, 5) is 8.27. The van der Waals surface area contributed by atoms with Gasteiger partial charge < -0.3 is 4.79 Å². The summed E-state index contributed by atoms with van der Waals surface area (Å²) >= 11 is 0. The zero-order chi connectivity index (χ0) is 20.7.